The Morgan fingerprint density at radius 1 is 1.14 bits per heavy atom. The van der Waals surface area contributed by atoms with E-state index < -0.39 is 17.7 Å². The number of carbonyl (C=O) groups excluding carboxylic acids is 1. The minimum atomic E-state index is -0.979. The molecule has 0 fully saturated rings. The van der Waals surface area contributed by atoms with E-state index in [2.05, 4.69) is 11.4 Å². The van der Waals surface area contributed by atoms with Gasteiger partial charge in [-0.1, -0.05) is 36.4 Å². The van der Waals surface area contributed by atoms with Crippen LogP contribution in [0.25, 0.3) is 10.8 Å². The number of amides is 1. The van der Waals surface area contributed by atoms with Crippen LogP contribution in [-0.2, 0) is 0 Å². The molecule has 0 aliphatic carbocycles. The lowest BCUT2D eigenvalue weighted by Crippen LogP contribution is -2.53. The van der Waals surface area contributed by atoms with Gasteiger partial charge >= 0.3 is 0 Å². The number of rotatable bonds is 2. The van der Waals surface area contributed by atoms with E-state index in [0.717, 1.165) is 10.8 Å². The average molecular weight is 372 g/mol. The Balaban J connectivity index is 1.76. The van der Waals surface area contributed by atoms with Crippen molar-refractivity contribution >= 4 is 16.7 Å². The van der Waals surface area contributed by atoms with Gasteiger partial charge in [-0.2, -0.15) is 5.26 Å². The van der Waals surface area contributed by atoms with Crippen LogP contribution in [0.15, 0.2) is 60.7 Å². The van der Waals surface area contributed by atoms with Gasteiger partial charge in [-0.05, 0) is 48.9 Å². The lowest BCUT2D eigenvalue weighted by atomic mass is 9.85. The van der Waals surface area contributed by atoms with Crippen LogP contribution in [0, 0.1) is 11.3 Å². The van der Waals surface area contributed by atoms with Crippen molar-refractivity contribution in [3.63, 3.8) is 0 Å². The summed E-state index contributed by atoms with van der Waals surface area (Å²) in [7, 11) is 0. The van der Waals surface area contributed by atoms with Gasteiger partial charge in [0.25, 0.3) is 5.91 Å². The van der Waals surface area contributed by atoms with E-state index in [-0.39, 0.29) is 5.91 Å². The van der Waals surface area contributed by atoms with Gasteiger partial charge in [0.2, 0.25) is 0 Å². The topological polar surface area (TPSA) is 82.3 Å². The molecule has 5 heteroatoms. The van der Waals surface area contributed by atoms with Crippen molar-refractivity contribution in [1.29, 1.82) is 5.26 Å². The van der Waals surface area contributed by atoms with E-state index in [1.165, 1.54) is 0 Å². The maximum atomic E-state index is 13.1. The predicted molar refractivity (Wildman–Crippen MR) is 106 cm³/mol. The van der Waals surface area contributed by atoms with Gasteiger partial charge in [-0.25, -0.2) is 0 Å². The Kier molecular flexibility index (Phi) is 4.29. The van der Waals surface area contributed by atoms with Crippen molar-refractivity contribution in [3.8, 4) is 11.8 Å². The fourth-order valence-electron chi connectivity index (χ4n) is 3.67. The summed E-state index contributed by atoms with van der Waals surface area (Å²) in [5.74, 6) is 0.268. The predicted octanol–water partition coefficient (Wildman–Crippen LogP) is 3.71. The molecule has 0 aromatic heterocycles. The summed E-state index contributed by atoms with van der Waals surface area (Å²) in [5, 5.41) is 24.9. The van der Waals surface area contributed by atoms with Gasteiger partial charge in [0.05, 0.1) is 17.7 Å². The summed E-state index contributed by atoms with van der Waals surface area (Å²) in [5.41, 5.74) is 0.684. The molecule has 1 aliphatic heterocycles. The Morgan fingerprint density at radius 3 is 2.68 bits per heavy atom. The molecule has 2 N–H and O–H groups in total. The number of nitriles is 1. The van der Waals surface area contributed by atoms with Gasteiger partial charge in [-0.3, -0.25) is 4.79 Å². The Morgan fingerprint density at radius 2 is 1.89 bits per heavy atom. The smallest absolute Gasteiger partial charge is 0.252 e. The van der Waals surface area contributed by atoms with Crippen LogP contribution in [-0.4, -0.2) is 22.7 Å². The zero-order valence-electron chi connectivity index (χ0n) is 15.6. The molecular weight excluding hydrogens is 352 g/mol. The zero-order valence-corrected chi connectivity index (χ0v) is 15.6. The van der Waals surface area contributed by atoms with Crippen LogP contribution >= 0.6 is 0 Å². The van der Waals surface area contributed by atoms with Gasteiger partial charge in [-0.15, -0.1) is 0 Å². The number of carbonyl (C=O) groups is 1. The monoisotopic (exact) mass is 372 g/mol. The molecule has 28 heavy (non-hydrogen) atoms. The highest BCUT2D eigenvalue weighted by atomic mass is 16.5. The second-order valence-corrected chi connectivity index (χ2v) is 7.49. The Bertz CT molecular complexity index is 1110. The van der Waals surface area contributed by atoms with Crippen molar-refractivity contribution in [1.82, 2.24) is 5.32 Å². The van der Waals surface area contributed by atoms with Gasteiger partial charge < -0.3 is 15.2 Å². The van der Waals surface area contributed by atoms with E-state index in [4.69, 9.17) is 4.74 Å². The van der Waals surface area contributed by atoms with E-state index in [0.29, 0.717) is 22.4 Å². The molecule has 0 unspecified atom stereocenters. The number of aliphatic hydroxyl groups is 1. The first-order valence-electron chi connectivity index (χ1n) is 9.10. The summed E-state index contributed by atoms with van der Waals surface area (Å²) in [4.78, 5) is 13.1. The first kappa shape index (κ1) is 18.0. The van der Waals surface area contributed by atoms with Gasteiger partial charge in [0.15, 0.2) is 0 Å². The largest absolute Gasteiger partial charge is 0.485 e. The maximum absolute atomic E-state index is 13.1. The fourth-order valence-corrected chi connectivity index (χ4v) is 3.67. The number of ether oxygens (including phenoxy) is 1. The van der Waals surface area contributed by atoms with Crippen molar-refractivity contribution < 1.29 is 14.6 Å². The molecule has 1 aliphatic rings. The summed E-state index contributed by atoms with van der Waals surface area (Å²) >= 11 is 0. The third kappa shape index (κ3) is 2.98. The lowest BCUT2D eigenvalue weighted by Gasteiger charge is -2.42. The second kappa shape index (κ2) is 6.66. The molecule has 0 saturated heterocycles. The SMILES string of the molecule is CC1(C)Oc2ccc(C#N)cc2[C@@H](NC(=O)c2cccc3ccccc23)[C@@H]1O. The standard InChI is InChI=1S/C23H20N2O3/c1-23(2)21(26)20(18-12-14(13-24)10-11-19(18)28-23)25-22(27)17-9-5-7-15-6-3-4-8-16(15)17/h3-12,20-21,26H,1-2H3,(H,25,27)/t20-,21+/m1/s1. The van der Waals surface area contributed by atoms with Crippen molar-refractivity contribution in [2.45, 2.75) is 31.6 Å². The minimum Gasteiger partial charge on any atom is -0.485 e. The molecule has 3 aromatic rings. The van der Waals surface area contributed by atoms with E-state index >= 15 is 0 Å². The summed E-state index contributed by atoms with van der Waals surface area (Å²) < 4.78 is 5.91. The molecule has 0 radical (unpaired) electrons. The first-order valence-corrected chi connectivity index (χ1v) is 9.10. The number of nitrogens with zero attached hydrogens (tertiary/aromatic N) is 1. The van der Waals surface area contributed by atoms with E-state index in [1.807, 2.05) is 36.4 Å². The number of nitrogens with one attached hydrogen (secondary N) is 1. The van der Waals surface area contributed by atoms with Crippen LogP contribution in [0.2, 0.25) is 0 Å². The fraction of sp³-hybridized carbons (Fsp3) is 0.217. The average Bonchev–Trinajstić information content (AvgIpc) is 2.70. The second-order valence-electron chi connectivity index (χ2n) is 7.49. The molecule has 2 atom stereocenters. The van der Waals surface area contributed by atoms with Crippen molar-refractivity contribution in [2.24, 2.45) is 0 Å². The number of fused-ring (bicyclic) bond motifs is 2. The number of hydrogen-bond donors (Lipinski definition) is 2. The third-order valence-corrected chi connectivity index (χ3v) is 5.20. The highest BCUT2D eigenvalue weighted by molar-refractivity contribution is 6.07. The number of benzene rings is 3. The summed E-state index contributed by atoms with van der Waals surface area (Å²) in [6, 6.07) is 19.6. The van der Waals surface area contributed by atoms with Crippen molar-refractivity contribution in [2.75, 3.05) is 0 Å². The normalized spacial score (nSPS) is 19.9. The number of aliphatic hydroxyl groups excluding tert-OH is 1. The Hall–Kier alpha value is -3.36. The third-order valence-electron chi connectivity index (χ3n) is 5.20. The van der Waals surface area contributed by atoms with E-state index in [1.54, 1.807) is 38.1 Å². The van der Waals surface area contributed by atoms with Crippen LogP contribution < -0.4 is 10.1 Å². The molecule has 1 heterocycles. The quantitative estimate of drug-likeness (QED) is 0.718. The van der Waals surface area contributed by atoms with Crippen LogP contribution in [0.5, 0.6) is 5.75 Å². The first-order chi connectivity index (χ1) is 13.4. The van der Waals surface area contributed by atoms with Crippen LogP contribution in [0.1, 0.15) is 41.4 Å². The van der Waals surface area contributed by atoms with E-state index in [9.17, 15) is 15.2 Å². The maximum Gasteiger partial charge on any atom is 0.252 e. The molecule has 1 amide bonds. The molecule has 0 saturated carbocycles. The molecule has 140 valence electrons. The summed E-state index contributed by atoms with van der Waals surface area (Å²) in [6.45, 7) is 3.55. The van der Waals surface area contributed by atoms with Gasteiger partial charge in [0.1, 0.15) is 17.5 Å². The highest BCUT2D eigenvalue weighted by Gasteiger charge is 2.43. The molecular formula is C23H20N2O3. The Labute approximate surface area is 163 Å². The van der Waals surface area contributed by atoms with Crippen LogP contribution in [0.4, 0.5) is 0 Å². The zero-order chi connectivity index (χ0) is 19.9. The van der Waals surface area contributed by atoms with Crippen LogP contribution in [0.3, 0.4) is 0 Å². The molecule has 4 rings (SSSR count). The number of hydrogen-bond acceptors (Lipinski definition) is 4. The van der Waals surface area contributed by atoms with Gasteiger partial charge in [0, 0.05) is 11.1 Å². The lowest BCUT2D eigenvalue weighted by molar-refractivity contribution is -0.0627. The molecule has 0 spiro atoms. The molecule has 0 bridgehead atoms. The summed E-state index contributed by atoms with van der Waals surface area (Å²) in [6.07, 6.45) is -0.979. The highest BCUT2D eigenvalue weighted by Crippen LogP contribution is 2.40. The van der Waals surface area contributed by atoms with Crippen molar-refractivity contribution in [3.05, 3.63) is 77.4 Å². The minimum absolute atomic E-state index is 0.285. The molecule has 5 nitrogen and oxygen atoms in total. The molecule has 3 aromatic carbocycles.